The van der Waals surface area contributed by atoms with Crippen LogP contribution >= 0.6 is 23.5 Å². The van der Waals surface area contributed by atoms with Crippen LogP contribution in [0.5, 0.6) is 0 Å². The van der Waals surface area contributed by atoms with Crippen molar-refractivity contribution in [2.75, 3.05) is 65.2 Å². The molecule has 0 spiro atoms. The molecule has 2 aliphatic rings. The highest BCUT2D eigenvalue weighted by atomic mass is 32.2. The number of carboxylic acid groups (broad SMARTS) is 1. The fourth-order valence-electron chi connectivity index (χ4n) is 3.70. The zero-order valence-corrected chi connectivity index (χ0v) is 20.8. The van der Waals surface area contributed by atoms with Gasteiger partial charge in [0.05, 0.1) is 59.3 Å². The number of aliphatic carboxylic acids is 1. The number of carboxylic acids is 1. The van der Waals surface area contributed by atoms with Crippen LogP contribution in [0.1, 0.15) is 38.5 Å². The third-order valence-corrected chi connectivity index (χ3v) is 8.43. The number of unbranched alkanes of at least 4 members (excludes halogenated alkanes) is 1. The highest BCUT2D eigenvalue weighted by Crippen LogP contribution is 2.48. The molecule has 2 fully saturated rings. The molecule has 9 nitrogen and oxygen atoms in total. The summed E-state index contributed by atoms with van der Waals surface area (Å²) in [7, 11) is 0. The minimum Gasteiger partial charge on any atom is -0.481 e. The summed E-state index contributed by atoms with van der Waals surface area (Å²) in [6.45, 7) is 3.70. The molecule has 3 atom stereocenters. The predicted octanol–water partition coefficient (Wildman–Crippen LogP) is 1.97. The van der Waals surface area contributed by atoms with E-state index >= 15 is 0 Å². The number of carbonyl (C=O) groups excluding carboxylic acids is 2. The van der Waals surface area contributed by atoms with E-state index in [1.54, 1.807) is 11.8 Å². The number of amides is 1. The second-order valence-corrected chi connectivity index (χ2v) is 10.5. The molecular formula is C22H37NO8S2. The molecule has 0 radical (unpaired) electrons. The van der Waals surface area contributed by atoms with Gasteiger partial charge in [-0.1, -0.05) is 18.2 Å². The Bertz CT molecular complexity index is 595. The molecule has 0 aliphatic carbocycles. The Morgan fingerprint density at radius 3 is 2.21 bits per heavy atom. The van der Waals surface area contributed by atoms with Crippen LogP contribution in [-0.4, -0.2) is 97.8 Å². The number of hydrogen-bond acceptors (Lipinski definition) is 9. The van der Waals surface area contributed by atoms with Gasteiger partial charge in [-0.25, -0.2) is 0 Å². The van der Waals surface area contributed by atoms with Gasteiger partial charge in [-0.3, -0.25) is 14.4 Å². The molecule has 0 aromatic rings. The van der Waals surface area contributed by atoms with E-state index in [0.717, 1.165) is 31.4 Å². The number of fused-ring (bicyclic) bond motifs is 1. The first-order chi connectivity index (χ1) is 16.1. The highest BCUT2D eigenvalue weighted by molar-refractivity contribution is 8.15. The molecule has 2 rings (SSSR count). The van der Waals surface area contributed by atoms with E-state index < -0.39 is 5.97 Å². The minimum atomic E-state index is -0.875. The normalized spacial score (nSPS) is 21.9. The lowest BCUT2D eigenvalue weighted by Crippen LogP contribution is -2.27. The number of hydrogen-bond donors (Lipinski definition) is 2. The maximum atomic E-state index is 11.9. The summed E-state index contributed by atoms with van der Waals surface area (Å²) < 4.78 is 21.2. The largest absolute Gasteiger partial charge is 0.481 e. The number of carbonyl (C=O) groups is 3. The summed E-state index contributed by atoms with van der Waals surface area (Å²) in [5.41, 5.74) is 0. The van der Waals surface area contributed by atoms with Crippen LogP contribution in [0.2, 0.25) is 0 Å². The average Bonchev–Trinajstić information content (AvgIpc) is 3.33. The molecule has 11 heteroatoms. The van der Waals surface area contributed by atoms with Crippen molar-refractivity contribution < 1.29 is 38.4 Å². The summed E-state index contributed by atoms with van der Waals surface area (Å²) in [5, 5.41) is 12.8. The first-order valence-corrected chi connectivity index (χ1v) is 13.6. The monoisotopic (exact) mass is 507 g/mol. The Balaban J connectivity index is 1.28. The summed E-state index contributed by atoms with van der Waals surface area (Å²) >= 11 is 3.54. The quantitative estimate of drug-likeness (QED) is 0.237. The van der Waals surface area contributed by atoms with Crippen LogP contribution in [0, 0.1) is 5.92 Å². The summed E-state index contributed by atoms with van der Waals surface area (Å²) in [6.07, 6.45) is 4.28. The first kappa shape index (κ1) is 28.4. The Morgan fingerprint density at radius 2 is 1.55 bits per heavy atom. The number of rotatable bonds is 20. The van der Waals surface area contributed by atoms with Gasteiger partial charge in [0.1, 0.15) is 0 Å². The van der Waals surface area contributed by atoms with Gasteiger partial charge in [-0.05, 0) is 18.8 Å². The molecule has 0 aromatic heterocycles. The van der Waals surface area contributed by atoms with E-state index in [2.05, 4.69) is 5.32 Å². The zero-order chi connectivity index (χ0) is 23.7. The molecule has 2 saturated heterocycles. The fourth-order valence-corrected chi connectivity index (χ4v) is 6.94. The third-order valence-electron chi connectivity index (χ3n) is 5.40. The number of ether oxygens (including phenoxy) is 4. The molecule has 0 bridgehead atoms. The van der Waals surface area contributed by atoms with E-state index in [4.69, 9.17) is 24.1 Å². The van der Waals surface area contributed by atoms with Crippen LogP contribution in [0.3, 0.4) is 0 Å². The van der Waals surface area contributed by atoms with Crippen molar-refractivity contribution in [2.24, 2.45) is 5.92 Å². The Hall–Kier alpha value is -0.850. The van der Waals surface area contributed by atoms with Crippen LogP contribution in [0.4, 0.5) is 0 Å². The third kappa shape index (κ3) is 13.0. The van der Waals surface area contributed by atoms with Gasteiger partial charge in [0.25, 0.3) is 0 Å². The molecule has 0 aromatic carbocycles. The molecule has 0 saturated carbocycles. The minimum absolute atomic E-state index is 0.00258. The van der Waals surface area contributed by atoms with Gasteiger partial charge in [-0.15, -0.1) is 0 Å². The molecule has 1 amide bonds. The highest BCUT2D eigenvalue weighted by Gasteiger charge is 2.43. The summed E-state index contributed by atoms with van der Waals surface area (Å²) in [5.74, 6) is 0.826. The first-order valence-electron chi connectivity index (χ1n) is 11.7. The lowest BCUT2D eigenvalue weighted by molar-refractivity contribution is -0.138. The second-order valence-electron chi connectivity index (χ2n) is 7.96. The Kier molecular flexibility index (Phi) is 15.1. The van der Waals surface area contributed by atoms with Crippen LogP contribution in [0.25, 0.3) is 0 Å². The van der Waals surface area contributed by atoms with E-state index in [1.165, 1.54) is 0 Å². The maximum Gasteiger partial charge on any atom is 0.305 e. The van der Waals surface area contributed by atoms with E-state index in [0.29, 0.717) is 80.7 Å². The van der Waals surface area contributed by atoms with Crippen molar-refractivity contribution in [1.82, 2.24) is 5.32 Å². The number of nitrogens with one attached hydrogen (secondary N) is 1. The van der Waals surface area contributed by atoms with Crippen molar-refractivity contribution in [3.63, 3.8) is 0 Å². The smallest absolute Gasteiger partial charge is 0.305 e. The molecule has 2 aliphatic heterocycles. The topological polar surface area (TPSA) is 120 Å². The maximum absolute atomic E-state index is 11.9. The SMILES string of the molecule is O=C(O)CCOCCOCCOCCOCCNC(=O)CCCCC1SCC2SC(=O)CC12. The second kappa shape index (κ2) is 17.6. The summed E-state index contributed by atoms with van der Waals surface area (Å²) in [6, 6.07) is 0. The van der Waals surface area contributed by atoms with Gasteiger partial charge >= 0.3 is 5.97 Å². The van der Waals surface area contributed by atoms with Gasteiger partial charge in [0, 0.05) is 35.6 Å². The van der Waals surface area contributed by atoms with Gasteiger partial charge in [0.15, 0.2) is 5.12 Å². The fraction of sp³-hybridized carbons (Fsp3) is 0.864. The summed E-state index contributed by atoms with van der Waals surface area (Å²) in [4.78, 5) is 33.8. The van der Waals surface area contributed by atoms with Crippen molar-refractivity contribution in [3.8, 4) is 0 Å². The molecule has 2 N–H and O–H groups in total. The lowest BCUT2D eigenvalue weighted by Gasteiger charge is -2.15. The van der Waals surface area contributed by atoms with E-state index in [1.807, 2.05) is 11.8 Å². The van der Waals surface area contributed by atoms with Crippen molar-refractivity contribution in [3.05, 3.63) is 0 Å². The predicted molar refractivity (Wildman–Crippen MR) is 128 cm³/mol. The molecule has 2 heterocycles. The Labute approximate surface area is 204 Å². The van der Waals surface area contributed by atoms with Crippen molar-refractivity contribution >= 4 is 40.5 Å². The average molecular weight is 508 g/mol. The van der Waals surface area contributed by atoms with E-state index in [-0.39, 0.29) is 18.9 Å². The molecule has 33 heavy (non-hydrogen) atoms. The van der Waals surface area contributed by atoms with Crippen LogP contribution < -0.4 is 5.32 Å². The van der Waals surface area contributed by atoms with Gasteiger partial charge in [0.2, 0.25) is 5.91 Å². The Morgan fingerprint density at radius 1 is 0.909 bits per heavy atom. The van der Waals surface area contributed by atoms with Crippen LogP contribution in [0.15, 0.2) is 0 Å². The van der Waals surface area contributed by atoms with E-state index in [9.17, 15) is 14.4 Å². The molecule has 190 valence electrons. The van der Waals surface area contributed by atoms with Crippen LogP contribution in [-0.2, 0) is 33.3 Å². The lowest BCUT2D eigenvalue weighted by atomic mass is 9.95. The number of thioether (sulfide) groups is 2. The molecule has 3 unspecified atom stereocenters. The van der Waals surface area contributed by atoms with Crippen molar-refractivity contribution in [2.45, 2.75) is 49.0 Å². The molecular weight excluding hydrogens is 470 g/mol. The standard InChI is InChI=1S/C22H37NO8S2/c24-20(4-2-1-3-18-17-15-22(27)33-19(17)16-32-18)23-6-8-29-10-12-31-14-13-30-11-9-28-7-5-21(25)26/h17-19H,1-16H2,(H,23,24)(H,25,26). The van der Waals surface area contributed by atoms with Crippen molar-refractivity contribution in [1.29, 1.82) is 0 Å². The van der Waals surface area contributed by atoms with Gasteiger partial charge < -0.3 is 29.4 Å². The van der Waals surface area contributed by atoms with Gasteiger partial charge in [-0.2, -0.15) is 11.8 Å². The zero-order valence-electron chi connectivity index (χ0n) is 19.2.